The van der Waals surface area contributed by atoms with Crippen LogP contribution in [0.5, 0.6) is 0 Å². The number of hydrazone groups is 1. The number of amides is 1. The van der Waals surface area contributed by atoms with Gasteiger partial charge in [-0.2, -0.15) is 5.10 Å². The zero-order chi connectivity index (χ0) is 11.5. The lowest BCUT2D eigenvalue weighted by atomic mass is 10.2. The van der Waals surface area contributed by atoms with Gasteiger partial charge in [0.1, 0.15) is 5.04 Å². The Morgan fingerprint density at radius 3 is 2.62 bits per heavy atom. The third-order valence-corrected chi connectivity index (χ3v) is 3.20. The molecule has 1 aromatic carbocycles. The molecule has 0 spiro atoms. The molecule has 0 unspecified atom stereocenters. The molecule has 1 amide bonds. The summed E-state index contributed by atoms with van der Waals surface area (Å²) in [6.07, 6.45) is 0. The van der Waals surface area contributed by atoms with E-state index in [1.807, 2.05) is 36.3 Å². The number of carbonyl (C=O) groups is 1. The zero-order valence-corrected chi connectivity index (χ0v) is 10.0. The van der Waals surface area contributed by atoms with Gasteiger partial charge in [-0.3, -0.25) is 9.80 Å². The first-order valence-electron chi connectivity index (χ1n) is 4.96. The Morgan fingerprint density at radius 1 is 1.44 bits per heavy atom. The molecule has 1 aromatic rings. The third-order valence-electron chi connectivity index (χ3n) is 2.10. The average molecular weight is 235 g/mol. The molecule has 1 aliphatic rings. The Labute approximate surface area is 98.7 Å². The standard InChI is InChI=1S/C11H13N3OS/c1-8(15)12-10-5-3-9(4-6-10)11-13-14(2)7-16-11/h3-6H,7H2,1-2H3,(H,12,15). The second-order valence-electron chi connectivity index (χ2n) is 3.59. The van der Waals surface area contributed by atoms with E-state index in [0.29, 0.717) is 0 Å². The Balaban J connectivity index is 2.13. The Hall–Kier alpha value is -1.49. The zero-order valence-electron chi connectivity index (χ0n) is 9.23. The molecule has 84 valence electrons. The summed E-state index contributed by atoms with van der Waals surface area (Å²) in [5.41, 5.74) is 1.90. The molecular formula is C11H13N3OS. The second kappa shape index (κ2) is 4.57. The van der Waals surface area contributed by atoms with Crippen molar-refractivity contribution in [1.82, 2.24) is 5.01 Å². The molecule has 0 saturated carbocycles. The Morgan fingerprint density at radius 2 is 2.12 bits per heavy atom. The summed E-state index contributed by atoms with van der Waals surface area (Å²) in [7, 11) is 1.95. The lowest BCUT2D eigenvalue weighted by Gasteiger charge is -2.03. The van der Waals surface area contributed by atoms with Crippen LogP contribution in [-0.2, 0) is 4.79 Å². The van der Waals surface area contributed by atoms with Gasteiger partial charge >= 0.3 is 0 Å². The van der Waals surface area contributed by atoms with E-state index in [9.17, 15) is 4.79 Å². The van der Waals surface area contributed by atoms with Gasteiger partial charge in [0, 0.05) is 25.2 Å². The minimum absolute atomic E-state index is 0.0555. The quantitative estimate of drug-likeness (QED) is 0.852. The normalized spacial score (nSPS) is 14.9. The van der Waals surface area contributed by atoms with Gasteiger partial charge in [-0.25, -0.2) is 0 Å². The fourth-order valence-electron chi connectivity index (χ4n) is 1.41. The fraction of sp³-hybridized carbons (Fsp3) is 0.273. The van der Waals surface area contributed by atoms with Crippen LogP contribution in [0.15, 0.2) is 29.4 Å². The highest BCUT2D eigenvalue weighted by Crippen LogP contribution is 2.22. The number of rotatable bonds is 2. The van der Waals surface area contributed by atoms with Gasteiger partial charge in [0.2, 0.25) is 5.91 Å². The summed E-state index contributed by atoms with van der Waals surface area (Å²) in [6, 6.07) is 7.71. The Kier molecular flexibility index (Phi) is 3.14. The SMILES string of the molecule is CC(=O)Nc1ccc(C2=NN(C)CS2)cc1. The minimum atomic E-state index is -0.0555. The fourth-order valence-corrected chi connectivity index (χ4v) is 2.27. The molecule has 1 N–H and O–H groups in total. The first-order valence-corrected chi connectivity index (χ1v) is 5.94. The van der Waals surface area contributed by atoms with Gasteiger partial charge in [0.25, 0.3) is 0 Å². The van der Waals surface area contributed by atoms with Crippen molar-refractivity contribution in [3.63, 3.8) is 0 Å². The molecule has 0 aliphatic carbocycles. The number of thioether (sulfide) groups is 1. The molecule has 2 rings (SSSR count). The van der Waals surface area contributed by atoms with Crippen molar-refractivity contribution < 1.29 is 4.79 Å². The van der Waals surface area contributed by atoms with E-state index in [1.54, 1.807) is 11.8 Å². The van der Waals surface area contributed by atoms with E-state index in [0.717, 1.165) is 22.2 Å². The van der Waals surface area contributed by atoms with E-state index < -0.39 is 0 Å². The molecule has 0 radical (unpaired) electrons. The lowest BCUT2D eigenvalue weighted by Crippen LogP contribution is -2.05. The molecule has 0 aromatic heterocycles. The first kappa shape index (κ1) is 11.0. The summed E-state index contributed by atoms with van der Waals surface area (Å²) >= 11 is 1.71. The highest BCUT2D eigenvalue weighted by Gasteiger charge is 2.13. The van der Waals surface area contributed by atoms with Gasteiger partial charge in [-0.1, -0.05) is 23.9 Å². The van der Waals surface area contributed by atoms with Gasteiger partial charge in [-0.05, 0) is 12.1 Å². The first-order chi connectivity index (χ1) is 7.65. The number of carbonyl (C=O) groups excluding carboxylic acids is 1. The van der Waals surface area contributed by atoms with Crippen LogP contribution < -0.4 is 5.32 Å². The van der Waals surface area contributed by atoms with E-state index in [4.69, 9.17) is 0 Å². The summed E-state index contributed by atoms with van der Waals surface area (Å²) in [6.45, 7) is 1.50. The van der Waals surface area contributed by atoms with Crippen molar-refractivity contribution in [2.75, 3.05) is 18.2 Å². The van der Waals surface area contributed by atoms with Crippen LogP contribution in [0.1, 0.15) is 12.5 Å². The van der Waals surface area contributed by atoms with Crippen molar-refractivity contribution in [2.45, 2.75) is 6.92 Å². The van der Waals surface area contributed by atoms with Gasteiger partial charge in [0.15, 0.2) is 0 Å². The topological polar surface area (TPSA) is 44.7 Å². The predicted octanol–water partition coefficient (Wildman–Crippen LogP) is 1.94. The van der Waals surface area contributed by atoms with Crippen LogP contribution >= 0.6 is 11.8 Å². The van der Waals surface area contributed by atoms with Gasteiger partial charge in [-0.15, -0.1) is 0 Å². The van der Waals surface area contributed by atoms with Crippen molar-refractivity contribution in [3.8, 4) is 0 Å². The van der Waals surface area contributed by atoms with Crippen molar-refractivity contribution in [3.05, 3.63) is 29.8 Å². The molecule has 0 fully saturated rings. The smallest absolute Gasteiger partial charge is 0.221 e. The Bertz CT molecular complexity index is 427. The largest absolute Gasteiger partial charge is 0.326 e. The molecule has 1 aliphatic heterocycles. The number of hydrogen-bond donors (Lipinski definition) is 1. The second-order valence-corrected chi connectivity index (χ2v) is 4.53. The summed E-state index contributed by atoms with van der Waals surface area (Å²) in [4.78, 5) is 10.9. The summed E-state index contributed by atoms with van der Waals surface area (Å²) in [5.74, 6) is 0.836. The number of benzene rings is 1. The number of nitrogens with zero attached hydrogens (tertiary/aromatic N) is 2. The predicted molar refractivity (Wildman–Crippen MR) is 67.5 cm³/mol. The molecular weight excluding hydrogens is 222 g/mol. The summed E-state index contributed by atoms with van der Waals surface area (Å²) < 4.78 is 0. The van der Waals surface area contributed by atoms with Crippen LogP contribution in [0.4, 0.5) is 5.69 Å². The van der Waals surface area contributed by atoms with Crippen molar-refractivity contribution in [2.24, 2.45) is 5.10 Å². The monoisotopic (exact) mass is 235 g/mol. The van der Waals surface area contributed by atoms with Crippen LogP contribution in [0.25, 0.3) is 0 Å². The summed E-state index contributed by atoms with van der Waals surface area (Å²) in [5, 5.41) is 10.0. The minimum Gasteiger partial charge on any atom is -0.326 e. The molecule has 1 heterocycles. The van der Waals surface area contributed by atoms with Crippen molar-refractivity contribution in [1.29, 1.82) is 0 Å². The van der Waals surface area contributed by atoms with E-state index >= 15 is 0 Å². The third kappa shape index (κ3) is 2.55. The van der Waals surface area contributed by atoms with E-state index in [1.165, 1.54) is 6.92 Å². The van der Waals surface area contributed by atoms with Gasteiger partial charge in [0.05, 0.1) is 5.88 Å². The van der Waals surface area contributed by atoms with Crippen LogP contribution in [0, 0.1) is 0 Å². The molecule has 16 heavy (non-hydrogen) atoms. The van der Waals surface area contributed by atoms with Gasteiger partial charge < -0.3 is 5.32 Å². The highest BCUT2D eigenvalue weighted by molar-refractivity contribution is 8.14. The molecule has 0 atom stereocenters. The highest BCUT2D eigenvalue weighted by atomic mass is 32.2. The number of nitrogens with one attached hydrogen (secondary N) is 1. The van der Waals surface area contributed by atoms with Crippen LogP contribution in [-0.4, -0.2) is 28.9 Å². The lowest BCUT2D eigenvalue weighted by molar-refractivity contribution is -0.114. The molecule has 0 bridgehead atoms. The maximum atomic E-state index is 10.9. The van der Waals surface area contributed by atoms with E-state index in [2.05, 4.69) is 10.4 Å². The van der Waals surface area contributed by atoms with Crippen LogP contribution in [0.2, 0.25) is 0 Å². The molecule has 5 heteroatoms. The van der Waals surface area contributed by atoms with E-state index in [-0.39, 0.29) is 5.91 Å². The van der Waals surface area contributed by atoms with Crippen molar-refractivity contribution >= 4 is 28.4 Å². The average Bonchev–Trinajstić information content (AvgIpc) is 2.65. The number of anilines is 1. The maximum absolute atomic E-state index is 10.9. The maximum Gasteiger partial charge on any atom is 0.221 e. The molecule has 0 saturated heterocycles. The van der Waals surface area contributed by atoms with Crippen LogP contribution in [0.3, 0.4) is 0 Å². The number of hydrogen-bond acceptors (Lipinski definition) is 4. The molecule has 4 nitrogen and oxygen atoms in total.